The molecular formula is C23H23ClN2O4S. The minimum absolute atomic E-state index is 0.0664. The summed E-state index contributed by atoms with van der Waals surface area (Å²) in [5.74, 6) is 0.183. The lowest BCUT2D eigenvalue weighted by Crippen LogP contribution is -2.27. The normalized spacial score (nSPS) is 12.1. The van der Waals surface area contributed by atoms with E-state index in [2.05, 4.69) is 10.0 Å². The highest BCUT2D eigenvalue weighted by atomic mass is 35.5. The molecule has 6 nitrogen and oxygen atoms in total. The number of carbonyl (C=O) groups excluding carboxylic acids is 1. The van der Waals surface area contributed by atoms with Gasteiger partial charge in [0.05, 0.1) is 28.1 Å². The molecule has 0 fully saturated rings. The topological polar surface area (TPSA) is 84.5 Å². The predicted octanol–water partition coefficient (Wildman–Crippen LogP) is 5.03. The van der Waals surface area contributed by atoms with Crippen LogP contribution in [-0.4, -0.2) is 20.9 Å². The summed E-state index contributed by atoms with van der Waals surface area (Å²) in [6.07, 6.45) is 0. The third kappa shape index (κ3) is 5.77. The summed E-state index contributed by atoms with van der Waals surface area (Å²) < 4.78 is 33.5. The Morgan fingerprint density at radius 2 is 1.71 bits per heavy atom. The van der Waals surface area contributed by atoms with E-state index in [-0.39, 0.29) is 21.5 Å². The van der Waals surface area contributed by atoms with E-state index in [0.717, 1.165) is 5.56 Å². The van der Waals surface area contributed by atoms with Crippen molar-refractivity contribution < 1.29 is 17.9 Å². The van der Waals surface area contributed by atoms with E-state index >= 15 is 0 Å². The number of hydrogen-bond acceptors (Lipinski definition) is 4. The van der Waals surface area contributed by atoms with Crippen LogP contribution < -0.4 is 14.8 Å². The first-order chi connectivity index (χ1) is 14.8. The maximum atomic E-state index is 12.8. The zero-order valence-corrected chi connectivity index (χ0v) is 18.7. The molecule has 0 aliphatic carbocycles. The van der Waals surface area contributed by atoms with Crippen LogP contribution in [0.1, 0.15) is 35.8 Å². The zero-order valence-electron chi connectivity index (χ0n) is 17.1. The van der Waals surface area contributed by atoms with Crippen LogP contribution in [-0.2, 0) is 10.0 Å². The summed E-state index contributed by atoms with van der Waals surface area (Å²) >= 11 is 6.19. The molecule has 0 aliphatic rings. The van der Waals surface area contributed by atoms with E-state index in [9.17, 15) is 13.2 Å². The number of amides is 1. The number of nitrogens with one attached hydrogen (secondary N) is 2. The molecule has 0 saturated carbocycles. The summed E-state index contributed by atoms with van der Waals surface area (Å²) in [4.78, 5) is 12.7. The second-order valence-electron chi connectivity index (χ2n) is 6.81. The fourth-order valence-electron chi connectivity index (χ4n) is 2.94. The van der Waals surface area contributed by atoms with Crippen molar-refractivity contribution in [3.8, 4) is 5.75 Å². The Morgan fingerprint density at radius 3 is 2.35 bits per heavy atom. The van der Waals surface area contributed by atoms with Crippen LogP contribution in [0.2, 0.25) is 5.02 Å². The first kappa shape index (κ1) is 22.7. The molecule has 3 aromatic carbocycles. The standard InChI is InChI=1S/C23H23ClN2O4S/c1-3-30-19-11-9-18(10-12-19)26-31(28,29)20-13-14-22(24)21(15-20)23(27)25-16(2)17-7-5-4-6-8-17/h4-16,26H,3H2,1-2H3,(H,25,27). The number of carbonyl (C=O) groups is 1. The van der Waals surface area contributed by atoms with Gasteiger partial charge in [-0.15, -0.1) is 0 Å². The van der Waals surface area contributed by atoms with Crippen molar-refractivity contribution in [3.05, 3.63) is 88.9 Å². The van der Waals surface area contributed by atoms with Crippen molar-refractivity contribution in [1.82, 2.24) is 5.32 Å². The highest BCUT2D eigenvalue weighted by Crippen LogP contribution is 2.24. The van der Waals surface area contributed by atoms with Gasteiger partial charge in [-0.1, -0.05) is 41.9 Å². The van der Waals surface area contributed by atoms with Crippen molar-refractivity contribution in [1.29, 1.82) is 0 Å². The van der Waals surface area contributed by atoms with Crippen molar-refractivity contribution in [3.63, 3.8) is 0 Å². The van der Waals surface area contributed by atoms with Crippen molar-refractivity contribution in [2.24, 2.45) is 0 Å². The smallest absolute Gasteiger partial charge is 0.261 e. The summed E-state index contributed by atoms with van der Waals surface area (Å²) in [5.41, 5.74) is 1.38. The van der Waals surface area contributed by atoms with E-state index in [4.69, 9.17) is 16.3 Å². The van der Waals surface area contributed by atoms with Gasteiger partial charge in [-0.25, -0.2) is 8.42 Å². The molecule has 1 atom stereocenters. The Bertz CT molecular complexity index is 1150. The van der Waals surface area contributed by atoms with Crippen LogP contribution in [0, 0.1) is 0 Å². The van der Waals surface area contributed by atoms with Gasteiger partial charge in [-0.2, -0.15) is 0 Å². The predicted molar refractivity (Wildman–Crippen MR) is 122 cm³/mol. The van der Waals surface area contributed by atoms with E-state index < -0.39 is 15.9 Å². The maximum Gasteiger partial charge on any atom is 0.261 e. The first-order valence-corrected chi connectivity index (χ1v) is 11.6. The lowest BCUT2D eigenvalue weighted by molar-refractivity contribution is 0.0940. The number of rotatable bonds is 8. The van der Waals surface area contributed by atoms with Crippen LogP contribution in [0.5, 0.6) is 5.75 Å². The number of anilines is 1. The van der Waals surface area contributed by atoms with Gasteiger partial charge in [0.2, 0.25) is 0 Å². The molecule has 0 spiro atoms. The zero-order chi connectivity index (χ0) is 22.4. The van der Waals surface area contributed by atoms with Gasteiger partial charge in [-0.05, 0) is 61.9 Å². The lowest BCUT2D eigenvalue weighted by Gasteiger charge is -2.16. The number of sulfonamides is 1. The van der Waals surface area contributed by atoms with Gasteiger partial charge in [0.15, 0.2) is 0 Å². The Kier molecular flexibility index (Phi) is 7.20. The van der Waals surface area contributed by atoms with E-state index in [1.807, 2.05) is 44.2 Å². The molecule has 31 heavy (non-hydrogen) atoms. The average molecular weight is 459 g/mol. The fourth-order valence-corrected chi connectivity index (χ4v) is 4.23. The number of ether oxygens (including phenoxy) is 1. The molecule has 8 heteroatoms. The van der Waals surface area contributed by atoms with Crippen LogP contribution in [0.25, 0.3) is 0 Å². The van der Waals surface area contributed by atoms with Gasteiger partial charge in [0.1, 0.15) is 5.75 Å². The quantitative estimate of drug-likeness (QED) is 0.495. The monoisotopic (exact) mass is 458 g/mol. The van der Waals surface area contributed by atoms with Crippen molar-refractivity contribution >= 4 is 33.2 Å². The second kappa shape index (κ2) is 9.85. The first-order valence-electron chi connectivity index (χ1n) is 9.71. The molecule has 0 aromatic heterocycles. The molecule has 1 unspecified atom stereocenters. The average Bonchev–Trinajstić information content (AvgIpc) is 2.75. The van der Waals surface area contributed by atoms with Crippen LogP contribution in [0.4, 0.5) is 5.69 Å². The fraction of sp³-hybridized carbons (Fsp3) is 0.174. The third-order valence-corrected chi connectivity index (χ3v) is 6.27. The molecule has 0 bridgehead atoms. The minimum atomic E-state index is -3.92. The van der Waals surface area contributed by atoms with Gasteiger partial charge in [-0.3, -0.25) is 9.52 Å². The molecule has 3 aromatic rings. The number of halogens is 1. The van der Waals surface area contributed by atoms with Gasteiger partial charge < -0.3 is 10.1 Å². The maximum absolute atomic E-state index is 12.8. The number of hydrogen-bond donors (Lipinski definition) is 2. The summed E-state index contributed by atoms with van der Waals surface area (Å²) in [7, 11) is -3.92. The van der Waals surface area contributed by atoms with Gasteiger partial charge >= 0.3 is 0 Å². The molecule has 0 aliphatic heterocycles. The summed E-state index contributed by atoms with van der Waals surface area (Å²) in [6.45, 7) is 4.23. The van der Waals surface area contributed by atoms with E-state index in [1.165, 1.54) is 18.2 Å². The molecule has 0 radical (unpaired) electrons. The molecular weight excluding hydrogens is 436 g/mol. The number of benzene rings is 3. The third-order valence-electron chi connectivity index (χ3n) is 4.56. The molecule has 3 rings (SSSR count). The Morgan fingerprint density at radius 1 is 1.03 bits per heavy atom. The Labute approximate surface area is 187 Å². The highest BCUT2D eigenvalue weighted by molar-refractivity contribution is 7.92. The lowest BCUT2D eigenvalue weighted by atomic mass is 10.1. The minimum Gasteiger partial charge on any atom is -0.494 e. The van der Waals surface area contributed by atoms with Crippen molar-refractivity contribution in [2.75, 3.05) is 11.3 Å². The van der Waals surface area contributed by atoms with Crippen LogP contribution in [0.3, 0.4) is 0 Å². The Balaban J connectivity index is 1.79. The van der Waals surface area contributed by atoms with Crippen LogP contribution in [0.15, 0.2) is 77.7 Å². The molecule has 162 valence electrons. The summed E-state index contributed by atoms with van der Waals surface area (Å²) in [6, 6.07) is 19.8. The Hall–Kier alpha value is -3.03. The molecule has 0 saturated heterocycles. The summed E-state index contributed by atoms with van der Waals surface area (Å²) in [5, 5.41) is 3.01. The molecule has 2 N–H and O–H groups in total. The second-order valence-corrected chi connectivity index (χ2v) is 8.90. The van der Waals surface area contributed by atoms with E-state index in [1.54, 1.807) is 24.3 Å². The largest absolute Gasteiger partial charge is 0.494 e. The molecule has 0 heterocycles. The van der Waals surface area contributed by atoms with Gasteiger partial charge in [0.25, 0.3) is 15.9 Å². The SMILES string of the molecule is CCOc1ccc(NS(=O)(=O)c2ccc(Cl)c(C(=O)NC(C)c3ccccc3)c2)cc1. The highest BCUT2D eigenvalue weighted by Gasteiger charge is 2.20. The van der Waals surface area contributed by atoms with Gasteiger partial charge in [0, 0.05) is 5.69 Å². The van der Waals surface area contributed by atoms with Crippen LogP contribution >= 0.6 is 11.6 Å². The van der Waals surface area contributed by atoms with E-state index in [0.29, 0.717) is 18.0 Å². The molecule has 1 amide bonds. The van der Waals surface area contributed by atoms with Crippen molar-refractivity contribution in [2.45, 2.75) is 24.8 Å².